The van der Waals surface area contributed by atoms with Crippen LogP contribution >= 0.6 is 0 Å². The molecule has 14 nitrogen and oxygen atoms in total. The maximum absolute atomic E-state index is 13.3. The molecule has 4 rings (SSSR count). The topological polar surface area (TPSA) is 216 Å². The van der Waals surface area contributed by atoms with Gasteiger partial charge >= 0.3 is 5.97 Å². The summed E-state index contributed by atoms with van der Waals surface area (Å²) in [6.45, 7) is 1.03. The molecule has 4 fully saturated rings. The van der Waals surface area contributed by atoms with E-state index in [0.717, 1.165) is 4.90 Å². The van der Waals surface area contributed by atoms with E-state index in [-0.39, 0.29) is 31.7 Å². The molecule has 0 aromatic heterocycles. The van der Waals surface area contributed by atoms with Gasteiger partial charge in [-0.05, 0) is 19.8 Å². The molecule has 0 aromatic rings. The lowest BCUT2D eigenvalue weighted by Crippen LogP contribution is -2.59. The quantitative estimate of drug-likeness (QED) is 0.109. The molecule has 0 spiro atoms. The number of hydrogen-bond donors (Lipinski definition) is 6. The Kier molecular flexibility index (Phi) is 8.48. The molecule has 0 radical (unpaired) electrons. The van der Waals surface area contributed by atoms with Gasteiger partial charge in [0.2, 0.25) is 11.8 Å². The van der Waals surface area contributed by atoms with Gasteiger partial charge < -0.3 is 45.0 Å². The smallest absolute Gasteiger partial charge is 0.307 e. The highest BCUT2D eigenvalue weighted by atomic mass is 16.8. The minimum atomic E-state index is -1.69. The van der Waals surface area contributed by atoms with Crippen molar-refractivity contribution in [2.45, 2.75) is 75.5 Å². The number of amides is 2. The van der Waals surface area contributed by atoms with Gasteiger partial charge in [0, 0.05) is 24.8 Å². The molecule has 4 aliphatic rings. The van der Waals surface area contributed by atoms with E-state index in [1.54, 1.807) is 6.92 Å². The number of carbonyl (C=O) groups excluding carboxylic acids is 3. The Bertz CT molecular complexity index is 912. The summed E-state index contributed by atoms with van der Waals surface area (Å²) in [7, 11) is 0. The Morgan fingerprint density at radius 1 is 1.03 bits per heavy atom. The molecule has 2 saturated carbocycles. The molecule has 11 atom stereocenters. The van der Waals surface area contributed by atoms with Crippen LogP contribution in [0.25, 0.3) is 0 Å². The van der Waals surface area contributed by atoms with Crippen molar-refractivity contribution in [3.8, 4) is 0 Å². The first kappa shape index (κ1) is 27.8. The molecule has 208 valence electrons. The zero-order valence-corrected chi connectivity index (χ0v) is 20.3. The van der Waals surface area contributed by atoms with Gasteiger partial charge in [-0.3, -0.25) is 19.3 Å². The lowest BCUT2D eigenvalue weighted by atomic mass is 9.60. The second-order valence-electron chi connectivity index (χ2n) is 9.92. The molecule has 0 unspecified atom stereocenters. The van der Waals surface area contributed by atoms with Gasteiger partial charge in [0.15, 0.2) is 0 Å². The third-order valence-electron chi connectivity index (χ3n) is 7.84. The zero-order valence-electron chi connectivity index (χ0n) is 20.3. The monoisotopic (exact) mass is 530 g/mol. The van der Waals surface area contributed by atoms with E-state index in [9.17, 15) is 45.0 Å². The molecule has 2 heterocycles. The fraction of sp³-hybridized carbons (Fsp3) is 0.826. The maximum Gasteiger partial charge on any atom is 0.307 e. The number of likely N-dealkylation sites (tertiary alicyclic amines) is 1. The highest BCUT2D eigenvalue weighted by Gasteiger charge is 2.59. The SMILES string of the molecule is CCOC(=O)CCN1C(=O)[C@H]2[C@H]3[C@H](O)[C@H](O)CC(=NO[C@@H]4O[C@H](CO)[C@@H](O)[C@H](O)[C@H]4O)[C@H]3CC[C@H]2C1=O. The van der Waals surface area contributed by atoms with Crippen LogP contribution in [-0.2, 0) is 28.7 Å². The van der Waals surface area contributed by atoms with Gasteiger partial charge in [0.25, 0.3) is 6.29 Å². The summed E-state index contributed by atoms with van der Waals surface area (Å²) < 4.78 is 10.2. The summed E-state index contributed by atoms with van der Waals surface area (Å²) in [5, 5.41) is 64.9. The minimum Gasteiger partial charge on any atom is -0.466 e. The number of ether oxygens (including phenoxy) is 2. The van der Waals surface area contributed by atoms with E-state index in [1.807, 2.05) is 0 Å². The fourth-order valence-electron chi connectivity index (χ4n) is 5.97. The number of fused-ring (bicyclic) bond motifs is 3. The minimum absolute atomic E-state index is 0.105. The van der Waals surface area contributed by atoms with Crippen molar-refractivity contribution in [3.63, 3.8) is 0 Å². The first-order chi connectivity index (χ1) is 17.6. The number of oxime groups is 1. The van der Waals surface area contributed by atoms with E-state index in [4.69, 9.17) is 14.3 Å². The van der Waals surface area contributed by atoms with Crippen LogP contribution in [-0.4, -0.2) is 122 Å². The molecule has 37 heavy (non-hydrogen) atoms. The molecule has 2 aliphatic carbocycles. The molecular weight excluding hydrogens is 496 g/mol. The molecule has 2 saturated heterocycles. The summed E-state index contributed by atoms with van der Waals surface area (Å²) in [6.07, 6.45) is -9.87. The van der Waals surface area contributed by atoms with Crippen molar-refractivity contribution in [1.82, 2.24) is 4.90 Å². The summed E-state index contributed by atoms with van der Waals surface area (Å²) in [4.78, 5) is 44.4. The highest BCUT2D eigenvalue weighted by Crippen LogP contribution is 2.49. The number of nitrogens with zero attached hydrogens (tertiary/aromatic N) is 2. The van der Waals surface area contributed by atoms with Crippen LogP contribution in [0, 0.1) is 23.7 Å². The largest absolute Gasteiger partial charge is 0.466 e. The number of aliphatic hydroxyl groups is 6. The summed E-state index contributed by atoms with van der Waals surface area (Å²) >= 11 is 0. The number of imide groups is 1. The Morgan fingerprint density at radius 3 is 2.41 bits per heavy atom. The second-order valence-corrected chi connectivity index (χ2v) is 9.92. The summed E-state index contributed by atoms with van der Waals surface area (Å²) in [5.41, 5.74) is 0.281. The lowest BCUT2D eigenvalue weighted by Gasteiger charge is -2.45. The van der Waals surface area contributed by atoms with E-state index < -0.39 is 91.0 Å². The Labute approximate surface area is 212 Å². The fourth-order valence-corrected chi connectivity index (χ4v) is 5.97. The van der Waals surface area contributed by atoms with Gasteiger partial charge in [-0.15, -0.1) is 0 Å². The lowest BCUT2D eigenvalue weighted by molar-refractivity contribution is -0.301. The standard InChI is InChI=1S/C23H34N2O12/c1-2-35-14(28)5-6-25-21(33)10-4-3-9-11(7-12(27)17(29)15(9)16(10)22(25)34)24-37-23-20(32)19(31)18(30)13(8-26)36-23/h9-10,12-13,15-20,23,26-27,29-32H,2-8H2,1H3/t9-,10-,12-,13-,15+,16-,17-,18-,19+,20-,23+/m1/s1. The van der Waals surface area contributed by atoms with Crippen LogP contribution in [0.15, 0.2) is 5.16 Å². The summed E-state index contributed by atoms with van der Waals surface area (Å²) in [6, 6.07) is 0. The highest BCUT2D eigenvalue weighted by molar-refractivity contribution is 6.06. The third kappa shape index (κ3) is 5.11. The number of esters is 1. The predicted molar refractivity (Wildman–Crippen MR) is 120 cm³/mol. The molecule has 2 amide bonds. The van der Waals surface area contributed by atoms with Crippen molar-refractivity contribution in [3.05, 3.63) is 0 Å². The molecule has 14 heteroatoms. The predicted octanol–water partition coefficient (Wildman–Crippen LogP) is -3.13. The van der Waals surface area contributed by atoms with E-state index in [1.165, 1.54) is 0 Å². The van der Waals surface area contributed by atoms with Crippen LogP contribution < -0.4 is 0 Å². The van der Waals surface area contributed by atoms with Gasteiger partial charge in [0.05, 0.1) is 49.4 Å². The third-order valence-corrected chi connectivity index (χ3v) is 7.84. The number of rotatable bonds is 7. The Balaban J connectivity index is 1.52. The Hall–Kier alpha value is -2.20. The van der Waals surface area contributed by atoms with E-state index >= 15 is 0 Å². The molecule has 0 aromatic carbocycles. The number of hydrogen-bond acceptors (Lipinski definition) is 13. The van der Waals surface area contributed by atoms with E-state index in [2.05, 4.69) is 5.16 Å². The van der Waals surface area contributed by atoms with Crippen molar-refractivity contribution >= 4 is 23.5 Å². The van der Waals surface area contributed by atoms with Crippen molar-refractivity contribution < 1.29 is 59.3 Å². The maximum atomic E-state index is 13.3. The van der Waals surface area contributed by atoms with Crippen LogP contribution in [0.4, 0.5) is 0 Å². The van der Waals surface area contributed by atoms with Crippen LogP contribution in [0.3, 0.4) is 0 Å². The van der Waals surface area contributed by atoms with Crippen LogP contribution in [0.1, 0.15) is 32.6 Å². The normalized spacial score (nSPS) is 42.9. The van der Waals surface area contributed by atoms with Crippen LogP contribution in [0.2, 0.25) is 0 Å². The zero-order chi connectivity index (χ0) is 27.0. The number of aliphatic hydroxyl groups excluding tert-OH is 6. The van der Waals surface area contributed by atoms with Gasteiger partial charge in [-0.1, -0.05) is 5.16 Å². The average Bonchev–Trinajstić information content (AvgIpc) is 3.12. The first-order valence-corrected chi connectivity index (χ1v) is 12.5. The van der Waals surface area contributed by atoms with Gasteiger partial charge in [0.1, 0.15) is 24.4 Å². The van der Waals surface area contributed by atoms with Gasteiger partial charge in [-0.2, -0.15) is 0 Å². The molecule has 0 bridgehead atoms. The number of carbonyl (C=O) groups is 3. The van der Waals surface area contributed by atoms with E-state index in [0.29, 0.717) is 12.8 Å². The Morgan fingerprint density at radius 2 is 1.73 bits per heavy atom. The molecule has 6 N–H and O–H groups in total. The molecular formula is C23H34N2O12. The van der Waals surface area contributed by atoms with Gasteiger partial charge in [-0.25, -0.2) is 0 Å². The van der Waals surface area contributed by atoms with Crippen molar-refractivity contribution in [2.75, 3.05) is 19.8 Å². The summed E-state index contributed by atoms with van der Waals surface area (Å²) in [5.74, 6) is -4.50. The van der Waals surface area contributed by atoms with Crippen molar-refractivity contribution in [2.24, 2.45) is 28.8 Å². The first-order valence-electron chi connectivity index (χ1n) is 12.5. The second kappa shape index (κ2) is 11.3. The average molecular weight is 531 g/mol. The van der Waals surface area contributed by atoms with Crippen molar-refractivity contribution in [1.29, 1.82) is 0 Å². The van der Waals surface area contributed by atoms with Crippen LogP contribution in [0.5, 0.6) is 0 Å². The molecule has 2 aliphatic heterocycles.